The third-order valence-corrected chi connectivity index (χ3v) is 4.82. The van der Waals surface area contributed by atoms with E-state index in [1.54, 1.807) is 12.3 Å². The number of amides is 1. The Hall–Kier alpha value is -3.12. The minimum atomic E-state index is -0.202. The average Bonchev–Trinajstić information content (AvgIpc) is 3.39. The molecule has 6 nitrogen and oxygen atoms in total. The standard InChI is InChI=1S/C22H23N3O3/c1-25-13-12-23-21(25)17-8-2-3-9-18(17)22(26)24-19-10-4-5-11-20(19)28-15-16-7-6-14-27-16/h2-5,8-13,16H,6-7,14-15H2,1H3,(H,24,26). The molecule has 2 heterocycles. The van der Waals surface area contributed by atoms with Crippen LogP contribution in [0.2, 0.25) is 0 Å². The van der Waals surface area contributed by atoms with Crippen molar-refractivity contribution >= 4 is 11.6 Å². The zero-order valence-electron chi connectivity index (χ0n) is 15.8. The van der Waals surface area contributed by atoms with Crippen LogP contribution in [0.1, 0.15) is 23.2 Å². The Kier molecular flexibility index (Phi) is 5.39. The summed E-state index contributed by atoms with van der Waals surface area (Å²) < 4.78 is 13.4. The van der Waals surface area contributed by atoms with Gasteiger partial charge in [-0.25, -0.2) is 4.98 Å². The van der Waals surface area contributed by atoms with E-state index in [1.807, 2.05) is 60.3 Å². The minimum Gasteiger partial charge on any atom is -0.489 e. The highest BCUT2D eigenvalue weighted by Crippen LogP contribution is 2.27. The van der Waals surface area contributed by atoms with Gasteiger partial charge in [0.1, 0.15) is 18.2 Å². The first kappa shape index (κ1) is 18.3. The van der Waals surface area contributed by atoms with Crippen molar-refractivity contribution in [2.24, 2.45) is 7.05 Å². The van der Waals surface area contributed by atoms with Gasteiger partial charge >= 0.3 is 0 Å². The number of hydrogen-bond acceptors (Lipinski definition) is 4. The molecule has 144 valence electrons. The van der Waals surface area contributed by atoms with E-state index in [9.17, 15) is 4.79 Å². The number of rotatable bonds is 6. The second-order valence-corrected chi connectivity index (χ2v) is 6.80. The molecule has 1 unspecified atom stereocenters. The number of aromatic nitrogens is 2. The molecule has 0 saturated carbocycles. The van der Waals surface area contributed by atoms with Gasteiger partial charge in [-0.15, -0.1) is 0 Å². The molecule has 1 saturated heterocycles. The maximum absolute atomic E-state index is 13.0. The molecule has 1 atom stereocenters. The summed E-state index contributed by atoms with van der Waals surface area (Å²) in [5.74, 6) is 1.18. The molecular weight excluding hydrogens is 354 g/mol. The molecule has 6 heteroatoms. The molecule has 1 aliphatic heterocycles. The number of hydrogen-bond donors (Lipinski definition) is 1. The van der Waals surface area contributed by atoms with Crippen molar-refractivity contribution in [3.63, 3.8) is 0 Å². The van der Waals surface area contributed by atoms with Crippen LogP contribution in [-0.2, 0) is 11.8 Å². The van der Waals surface area contributed by atoms with Gasteiger partial charge in [0.15, 0.2) is 0 Å². The molecule has 0 aliphatic carbocycles. The molecule has 1 aromatic heterocycles. The Labute approximate surface area is 164 Å². The smallest absolute Gasteiger partial charge is 0.256 e. The number of imidazole rings is 1. The number of carbonyl (C=O) groups is 1. The number of benzene rings is 2. The molecule has 0 radical (unpaired) electrons. The summed E-state index contributed by atoms with van der Waals surface area (Å²) in [4.78, 5) is 17.4. The fourth-order valence-electron chi connectivity index (χ4n) is 3.35. The summed E-state index contributed by atoms with van der Waals surface area (Å²) in [6.45, 7) is 1.27. The molecule has 1 aliphatic rings. The fourth-order valence-corrected chi connectivity index (χ4v) is 3.35. The Morgan fingerprint density at radius 3 is 2.86 bits per heavy atom. The van der Waals surface area contributed by atoms with Gasteiger partial charge in [-0.1, -0.05) is 30.3 Å². The highest BCUT2D eigenvalue weighted by atomic mass is 16.5. The lowest BCUT2D eigenvalue weighted by atomic mass is 10.1. The van der Waals surface area contributed by atoms with Crippen LogP contribution in [0.25, 0.3) is 11.4 Å². The molecule has 1 N–H and O–H groups in total. The van der Waals surface area contributed by atoms with Crippen LogP contribution in [0.5, 0.6) is 5.75 Å². The Morgan fingerprint density at radius 2 is 2.07 bits per heavy atom. The maximum atomic E-state index is 13.0. The van der Waals surface area contributed by atoms with Crippen LogP contribution in [0, 0.1) is 0 Å². The van der Waals surface area contributed by atoms with Crippen LogP contribution in [0.3, 0.4) is 0 Å². The fraction of sp³-hybridized carbons (Fsp3) is 0.273. The molecule has 28 heavy (non-hydrogen) atoms. The van der Waals surface area contributed by atoms with E-state index in [4.69, 9.17) is 9.47 Å². The normalized spacial score (nSPS) is 16.1. The Bertz CT molecular complexity index is 961. The topological polar surface area (TPSA) is 65.4 Å². The van der Waals surface area contributed by atoms with Gasteiger partial charge in [0.2, 0.25) is 0 Å². The van der Waals surface area contributed by atoms with Gasteiger partial charge in [-0.05, 0) is 31.0 Å². The van der Waals surface area contributed by atoms with Gasteiger partial charge in [0.25, 0.3) is 5.91 Å². The first-order valence-electron chi connectivity index (χ1n) is 9.44. The van der Waals surface area contributed by atoms with Crippen LogP contribution >= 0.6 is 0 Å². The second kappa shape index (κ2) is 8.27. The van der Waals surface area contributed by atoms with Gasteiger partial charge in [-0.3, -0.25) is 4.79 Å². The third-order valence-electron chi connectivity index (χ3n) is 4.82. The van der Waals surface area contributed by atoms with Crippen molar-refractivity contribution < 1.29 is 14.3 Å². The molecule has 0 bridgehead atoms. The van der Waals surface area contributed by atoms with E-state index in [2.05, 4.69) is 10.3 Å². The number of para-hydroxylation sites is 2. The third kappa shape index (κ3) is 3.92. The summed E-state index contributed by atoms with van der Waals surface area (Å²) in [5, 5.41) is 2.98. The summed E-state index contributed by atoms with van der Waals surface area (Å²) in [6.07, 6.45) is 5.77. The molecule has 2 aromatic carbocycles. The Balaban J connectivity index is 1.54. The number of ether oxygens (including phenoxy) is 2. The van der Waals surface area contributed by atoms with Crippen molar-refractivity contribution in [1.29, 1.82) is 0 Å². The lowest BCUT2D eigenvalue weighted by Gasteiger charge is -2.16. The molecule has 3 aromatic rings. The first-order valence-corrected chi connectivity index (χ1v) is 9.44. The summed E-state index contributed by atoms with van der Waals surface area (Å²) >= 11 is 0. The van der Waals surface area contributed by atoms with E-state index in [1.165, 1.54) is 0 Å². The average molecular weight is 377 g/mol. The van der Waals surface area contributed by atoms with Crippen molar-refractivity contribution in [1.82, 2.24) is 9.55 Å². The van der Waals surface area contributed by atoms with Crippen molar-refractivity contribution in [2.75, 3.05) is 18.5 Å². The number of aryl methyl sites for hydroxylation is 1. The molecular formula is C22H23N3O3. The number of carbonyl (C=O) groups excluding carboxylic acids is 1. The SMILES string of the molecule is Cn1ccnc1-c1ccccc1C(=O)Nc1ccccc1OCC1CCCO1. The maximum Gasteiger partial charge on any atom is 0.256 e. The van der Waals surface area contributed by atoms with Crippen LogP contribution < -0.4 is 10.1 Å². The molecule has 1 fully saturated rings. The number of nitrogens with one attached hydrogen (secondary N) is 1. The van der Waals surface area contributed by atoms with Crippen molar-refractivity contribution in [3.05, 3.63) is 66.5 Å². The zero-order valence-corrected chi connectivity index (χ0v) is 15.8. The van der Waals surface area contributed by atoms with E-state index in [0.29, 0.717) is 23.6 Å². The lowest BCUT2D eigenvalue weighted by molar-refractivity contribution is 0.0682. The van der Waals surface area contributed by atoms with E-state index in [-0.39, 0.29) is 12.0 Å². The number of nitrogens with zero attached hydrogens (tertiary/aromatic N) is 2. The van der Waals surface area contributed by atoms with Crippen molar-refractivity contribution in [2.45, 2.75) is 18.9 Å². The van der Waals surface area contributed by atoms with Crippen LogP contribution in [0.4, 0.5) is 5.69 Å². The molecule has 1 amide bonds. The Morgan fingerprint density at radius 1 is 1.25 bits per heavy atom. The van der Waals surface area contributed by atoms with Crippen molar-refractivity contribution in [3.8, 4) is 17.1 Å². The van der Waals surface area contributed by atoms with Gasteiger partial charge in [-0.2, -0.15) is 0 Å². The lowest BCUT2D eigenvalue weighted by Crippen LogP contribution is -2.18. The predicted molar refractivity (Wildman–Crippen MR) is 108 cm³/mol. The second-order valence-electron chi connectivity index (χ2n) is 6.80. The van der Waals surface area contributed by atoms with Crippen LogP contribution in [-0.4, -0.2) is 34.8 Å². The number of anilines is 1. The van der Waals surface area contributed by atoms with Gasteiger partial charge in [0, 0.05) is 31.6 Å². The van der Waals surface area contributed by atoms with E-state index < -0.39 is 0 Å². The van der Waals surface area contributed by atoms with E-state index in [0.717, 1.165) is 30.8 Å². The summed E-state index contributed by atoms with van der Waals surface area (Å²) in [6, 6.07) is 14.9. The quantitative estimate of drug-likeness (QED) is 0.708. The summed E-state index contributed by atoms with van der Waals surface area (Å²) in [7, 11) is 1.91. The van der Waals surface area contributed by atoms with Gasteiger partial charge in [0.05, 0.1) is 17.4 Å². The monoisotopic (exact) mass is 377 g/mol. The first-order chi connectivity index (χ1) is 13.7. The molecule has 0 spiro atoms. The van der Waals surface area contributed by atoms with Gasteiger partial charge < -0.3 is 19.4 Å². The molecule has 4 rings (SSSR count). The predicted octanol–water partition coefficient (Wildman–Crippen LogP) is 3.90. The largest absolute Gasteiger partial charge is 0.489 e. The zero-order chi connectivity index (χ0) is 19.3. The highest BCUT2D eigenvalue weighted by Gasteiger charge is 2.19. The minimum absolute atomic E-state index is 0.118. The summed E-state index contributed by atoms with van der Waals surface area (Å²) in [5.41, 5.74) is 1.98. The highest BCUT2D eigenvalue weighted by molar-refractivity contribution is 6.08. The van der Waals surface area contributed by atoms with E-state index >= 15 is 0 Å². The van der Waals surface area contributed by atoms with Crippen LogP contribution in [0.15, 0.2) is 60.9 Å².